The molecule has 1 aromatic rings. The standard InChI is InChI=1S/C10H9ClFNO5S/c1-3-6(2)18-10-8(12)4-7(13(14)15)5-9(10)19(11,16)17/h3-6H,1H2,2H3. The first-order chi connectivity index (χ1) is 8.66. The highest BCUT2D eigenvalue weighted by atomic mass is 35.7. The Morgan fingerprint density at radius 3 is 2.58 bits per heavy atom. The molecule has 0 spiro atoms. The summed E-state index contributed by atoms with van der Waals surface area (Å²) in [5.41, 5.74) is -0.740. The van der Waals surface area contributed by atoms with Crippen LogP contribution >= 0.6 is 10.7 Å². The maximum atomic E-state index is 13.7. The highest BCUT2D eigenvalue weighted by molar-refractivity contribution is 8.13. The van der Waals surface area contributed by atoms with Crippen molar-refractivity contribution in [2.45, 2.75) is 17.9 Å². The Morgan fingerprint density at radius 2 is 2.16 bits per heavy atom. The van der Waals surface area contributed by atoms with Gasteiger partial charge in [-0.25, -0.2) is 12.8 Å². The summed E-state index contributed by atoms with van der Waals surface area (Å²) in [4.78, 5) is 8.83. The smallest absolute Gasteiger partial charge is 0.273 e. The van der Waals surface area contributed by atoms with Crippen molar-refractivity contribution >= 4 is 25.4 Å². The lowest BCUT2D eigenvalue weighted by molar-refractivity contribution is -0.385. The Kier molecular flexibility index (Phi) is 4.48. The van der Waals surface area contributed by atoms with Gasteiger partial charge in [0.25, 0.3) is 14.7 Å². The molecule has 0 bridgehead atoms. The molecule has 0 saturated carbocycles. The van der Waals surface area contributed by atoms with E-state index in [1.165, 1.54) is 13.0 Å². The SMILES string of the molecule is C=CC(C)Oc1c(F)cc([N+](=O)[O-])cc1S(=O)(=O)Cl. The van der Waals surface area contributed by atoms with Crippen molar-refractivity contribution in [1.29, 1.82) is 0 Å². The first-order valence-electron chi connectivity index (χ1n) is 4.88. The van der Waals surface area contributed by atoms with Crippen LogP contribution in [0.15, 0.2) is 29.7 Å². The van der Waals surface area contributed by atoms with E-state index in [1.807, 2.05) is 0 Å². The summed E-state index contributed by atoms with van der Waals surface area (Å²) < 4.78 is 41.4. The van der Waals surface area contributed by atoms with E-state index in [2.05, 4.69) is 6.58 Å². The van der Waals surface area contributed by atoms with Crippen LogP contribution in [0.3, 0.4) is 0 Å². The van der Waals surface area contributed by atoms with Crippen LogP contribution in [0.25, 0.3) is 0 Å². The monoisotopic (exact) mass is 309 g/mol. The summed E-state index contributed by atoms with van der Waals surface area (Å²) in [5, 5.41) is 10.6. The summed E-state index contributed by atoms with van der Waals surface area (Å²) >= 11 is 0. The highest BCUT2D eigenvalue weighted by Gasteiger charge is 2.26. The summed E-state index contributed by atoms with van der Waals surface area (Å²) in [5.74, 6) is -1.87. The zero-order valence-electron chi connectivity index (χ0n) is 9.67. The Hall–Kier alpha value is -1.67. The molecule has 0 amide bonds. The second-order valence-electron chi connectivity index (χ2n) is 3.51. The minimum absolute atomic E-state index is 0.552. The van der Waals surface area contributed by atoms with Gasteiger partial charge < -0.3 is 4.74 Å². The van der Waals surface area contributed by atoms with Gasteiger partial charge in [-0.05, 0) is 6.92 Å². The Balaban J connectivity index is 3.53. The first-order valence-corrected chi connectivity index (χ1v) is 7.19. The minimum Gasteiger partial charge on any atom is -0.482 e. The van der Waals surface area contributed by atoms with E-state index in [4.69, 9.17) is 15.4 Å². The van der Waals surface area contributed by atoms with Gasteiger partial charge in [0.2, 0.25) is 0 Å². The molecule has 9 heteroatoms. The molecule has 0 aliphatic heterocycles. The van der Waals surface area contributed by atoms with Gasteiger partial charge >= 0.3 is 0 Å². The zero-order chi connectivity index (χ0) is 14.8. The van der Waals surface area contributed by atoms with Gasteiger partial charge in [0.15, 0.2) is 11.6 Å². The van der Waals surface area contributed by atoms with Crippen LogP contribution in [-0.4, -0.2) is 19.4 Å². The Labute approximate surface area is 113 Å². The third-order valence-electron chi connectivity index (χ3n) is 2.10. The number of benzene rings is 1. The van der Waals surface area contributed by atoms with Gasteiger partial charge in [-0.2, -0.15) is 0 Å². The van der Waals surface area contributed by atoms with Crippen molar-refractivity contribution in [1.82, 2.24) is 0 Å². The number of halogens is 2. The van der Waals surface area contributed by atoms with Crippen molar-refractivity contribution in [3.63, 3.8) is 0 Å². The van der Waals surface area contributed by atoms with Crippen molar-refractivity contribution in [3.8, 4) is 5.75 Å². The molecular weight excluding hydrogens is 301 g/mol. The predicted molar refractivity (Wildman–Crippen MR) is 66.4 cm³/mol. The number of hydrogen-bond donors (Lipinski definition) is 0. The number of hydrogen-bond acceptors (Lipinski definition) is 5. The normalized spacial score (nSPS) is 12.8. The average Bonchev–Trinajstić information content (AvgIpc) is 2.29. The molecule has 0 aromatic heterocycles. The van der Waals surface area contributed by atoms with Gasteiger partial charge in [-0.1, -0.05) is 12.7 Å². The van der Waals surface area contributed by atoms with Crippen LogP contribution in [0, 0.1) is 15.9 Å². The van der Waals surface area contributed by atoms with Crippen LogP contribution < -0.4 is 4.74 Å². The fraction of sp³-hybridized carbons (Fsp3) is 0.200. The Morgan fingerprint density at radius 1 is 1.58 bits per heavy atom. The molecule has 0 aliphatic carbocycles. The summed E-state index contributed by atoms with van der Waals surface area (Å²) in [6.07, 6.45) is 0.596. The molecule has 1 rings (SSSR count). The lowest BCUT2D eigenvalue weighted by Gasteiger charge is -2.13. The maximum absolute atomic E-state index is 13.7. The molecule has 0 radical (unpaired) electrons. The molecule has 0 fully saturated rings. The molecule has 19 heavy (non-hydrogen) atoms. The lowest BCUT2D eigenvalue weighted by Crippen LogP contribution is -2.11. The minimum atomic E-state index is -4.40. The van der Waals surface area contributed by atoms with E-state index in [0.717, 1.165) is 0 Å². The van der Waals surface area contributed by atoms with Crippen LogP contribution in [0.2, 0.25) is 0 Å². The van der Waals surface area contributed by atoms with Crippen molar-refractivity contribution < 1.29 is 22.5 Å². The van der Waals surface area contributed by atoms with Crippen LogP contribution in [0.4, 0.5) is 10.1 Å². The number of nitro groups is 1. The third-order valence-corrected chi connectivity index (χ3v) is 3.43. The molecule has 0 N–H and O–H groups in total. The maximum Gasteiger partial charge on any atom is 0.273 e. The topological polar surface area (TPSA) is 86.5 Å². The first kappa shape index (κ1) is 15.4. The zero-order valence-corrected chi connectivity index (χ0v) is 11.2. The molecular formula is C10H9ClFNO5S. The predicted octanol–water partition coefficient (Wildman–Crippen LogP) is 2.61. The summed E-state index contributed by atoms with van der Waals surface area (Å²) in [6, 6.07) is 1.19. The number of non-ortho nitro benzene ring substituents is 1. The van der Waals surface area contributed by atoms with Crippen LogP contribution in [0.5, 0.6) is 5.75 Å². The fourth-order valence-electron chi connectivity index (χ4n) is 1.19. The number of ether oxygens (including phenoxy) is 1. The van der Waals surface area contributed by atoms with E-state index in [-0.39, 0.29) is 0 Å². The molecule has 1 aromatic carbocycles. The molecule has 6 nitrogen and oxygen atoms in total. The molecule has 0 heterocycles. The molecule has 1 unspecified atom stereocenters. The van der Waals surface area contributed by atoms with Crippen molar-refractivity contribution in [2.75, 3.05) is 0 Å². The van der Waals surface area contributed by atoms with Crippen molar-refractivity contribution in [3.05, 3.63) is 40.7 Å². The van der Waals surface area contributed by atoms with Gasteiger partial charge in [0, 0.05) is 16.7 Å². The van der Waals surface area contributed by atoms with Gasteiger partial charge in [0.05, 0.1) is 11.0 Å². The fourth-order valence-corrected chi connectivity index (χ4v) is 2.16. The van der Waals surface area contributed by atoms with E-state index < -0.39 is 42.2 Å². The summed E-state index contributed by atoms with van der Waals surface area (Å²) in [7, 11) is 0.719. The average molecular weight is 310 g/mol. The van der Waals surface area contributed by atoms with Gasteiger partial charge in [0.1, 0.15) is 11.0 Å². The number of nitro benzene ring substituents is 1. The Bertz CT molecular complexity index is 631. The molecule has 104 valence electrons. The summed E-state index contributed by atoms with van der Waals surface area (Å²) in [6.45, 7) is 4.87. The van der Waals surface area contributed by atoms with E-state index >= 15 is 0 Å². The lowest BCUT2D eigenvalue weighted by atomic mass is 10.3. The highest BCUT2D eigenvalue weighted by Crippen LogP contribution is 2.34. The van der Waals surface area contributed by atoms with E-state index in [1.54, 1.807) is 0 Å². The van der Waals surface area contributed by atoms with E-state index in [0.29, 0.717) is 12.1 Å². The third kappa shape index (κ3) is 3.65. The van der Waals surface area contributed by atoms with Gasteiger partial charge in [-0.3, -0.25) is 10.1 Å². The second-order valence-corrected chi connectivity index (χ2v) is 6.04. The largest absolute Gasteiger partial charge is 0.482 e. The van der Waals surface area contributed by atoms with Crippen LogP contribution in [0.1, 0.15) is 6.92 Å². The number of nitrogens with zero attached hydrogens (tertiary/aromatic N) is 1. The quantitative estimate of drug-likeness (QED) is 0.361. The second kappa shape index (κ2) is 5.54. The molecule has 1 atom stereocenters. The van der Waals surface area contributed by atoms with Crippen molar-refractivity contribution in [2.24, 2.45) is 0 Å². The van der Waals surface area contributed by atoms with Crippen LogP contribution in [-0.2, 0) is 9.05 Å². The van der Waals surface area contributed by atoms with E-state index in [9.17, 15) is 22.9 Å². The molecule has 0 aliphatic rings. The number of rotatable bonds is 5. The molecule has 0 saturated heterocycles. The van der Waals surface area contributed by atoms with Gasteiger partial charge in [-0.15, -0.1) is 0 Å².